The number of hydrogen-bond acceptors (Lipinski definition) is 4. The summed E-state index contributed by atoms with van der Waals surface area (Å²) in [4.78, 5) is 16.5. The third kappa shape index (κ3) is 4.78. The van der Waals surface area contributed by atoms with Gasteiger partial charge in [0, 0.05) is 24.5 Å². The molecule has 0 aliphatic rings. The molecule has 7 heteroatoms. The van der Waals surface area contributed by atoms with E-state index in [9.17, 15) is 4.79 Å². The fourth-order valence-corrected chi connectivity index (χ4v) is 2.69. The topological polar surface area (TPSA) is 81.1 Å². The van der Waals surface area contributed by atoms with E-state index < -0.39 is 0 Å². The summed E-state index contributed by atoms with van der Waals surface area (Å²) in [6, 6.07) is 22.2. The Morgan fingerprint density at radius 2 is 1.72 bits per heavy atom. The molecule has 0 radical (unpaired) electrons. The minimum atomic E-state index is -0.358. The number of ether oxygens (including phenoxy) is 1. The van der Waals surface area contributed by atoms with E-state index in [0.29, 0.717) is 23.9 Å². The van der Waals surface area contributed by atoms with Gasteiger partial charge in [-0.05, 0) is 36.4 Å². The van der Waals surface area contributed by atoms with Crippen LogP contribution in [0, 0.1) is 0 Å². The molecule has 0 saturated heterocycles. The van der Waals surface area contributed by atoms with E-state index in [0.717, 1.165) is 11.3 Å². The smallest absolute Gasteiger partial charge is 0.319 e. The highest BCUT2D eigenvalue weighted by atomic mass is 16.5. The zero-order chi connectivity index (χ0) is 19.9. The molecule has 2 amide bonds. The Labute approximate surface area is 168 Å². The Balaban J connectivity index is 1.36. The zero-order valence-electron chi connectivity index (χ0n) is 15.5. The van der Waals surface area contributed by atoms with Crippen molar-refractivity contribution >= 4 is 11.7 Å². The Kier molecular flexibility index (Phi) is 5.48. The van der Waals surface area contributed by atoms with Crippen molar-refractivity contribution < 1.29 is 9.53 Å². The van der Waals surface area contributed by atoms with Crippen LogP contribution in [-0.2, 0) is 6.54 Å². The molecule has 0 bridgehead atoms. The van der Waals surface area contributed by atoms with E-state index >= 15 is 0 Å². The van der Waals surface area contributed by atoms with Crippen molar-refractivity contribution in [1.29, 1.82) is 0 Å². The van der Waals surface area contributed by atoms with E-state index in [1.807, 2.05) is 66.9 Å². The van der Waals surface area contributed by atoms with Crippen LogP contribution in [0.15, 0.2) is 91.4 Å². The van der Waals surface area contributed by atoms with Crippen LogP contribution in [0.2, 0.25) is 0 Å². The monoisotopic (exact) mass is 385 g/mol. The molecule has 29 heavy (non-hydrogen) atoms. The molecule has 0 saturated carbocycles. The first-order valence-electron chi connectivity index (χ1n) is 9.10. The highest BCUT2D eigenvalue weighted by Gasteiger charge is 2.10. The summed E-state index contributed by atoms with van der Waals surface area (Å²) in [5.41, 5.74) is 2.33. The number of rotatable bonds is 6. The minimum absolute atomic E-state index is 0.325. The van der Waals surface area contributed by atoms with Crippen molar-refractivity contribution in [2.24, 2.45) is 0 Å². The van der Waals surface area contributed by atoms with Gasteiger partial charge in [-0.2, -0.15) is 5.10 Å². The van der Waals surface area contributed by atoms with Crippen molar-refractivity contribution in [3.63, 3.8) is 0 Å². The molecule has 2 N–H and O–H groups in total. The van der Waals surface area contributed by atoms with Gasteiger partial charge in [-0.25, -0.2) is 14.5 Å². The zero-order valence-corrected chi connectivity index (χ0v) is 15.5. The quantitative estimate of drug-likeness (QED) is 0.516. The number of benzene rings is 2. The second kappa shape index (κ2) is 8.71. The van der Waals surface area contributed by atoms with Crippen molar-refractivity contribution in [2.75, 3.05) is 5.32 Å². The molecule has 2 aromatic carbocycles. The summed E-state index contributed by atoms with van der Waals surface area (Å²) in [5, 5.41) is 9.92. The molecule has 0 aliphatic heterocycles. The third-order valence-corrected chi connectivity index (χ3v) is 4.09. The molecular weight excluding hydrogens is 366 g/mol. The van der Waals surface area contributed by atoms with Crippen LogP contribution in [0.5, 0.6) is 11.6 Å². The standard InChI is InChI=1S/C22H19N5O2/c28-22(24-14-17-15-25-27(16-17)18-8-3-1-4-9-18)26-20-12-7-13-23-21(20)29-19-10-5-2-6-11-19/h1-13,15-16H,14H2,(H2,24,26,28). The van der Waals surface area contributed by atoms with Gasteiger partial charge in [0.2, 0.25) is 5.88 Å². The average Bonchev–Trinajstić information content (AvgIpc) is 3.24. The van der Waals surface area contributed by atoms with Gasteiger partial charge in [-0.15, -0.1) is 0 Å². The molecule has 144 valence electrons. The molecule has 4 rings (SSSR count). The van der Waals surface area contributed by atoms with Gasteiger partial charge in [0.15, 0.2) is 0 Å². The van der Waals surface area contributed by atoms with Crippen molar-refractivity contribution in [2.45, 2.75) is 6.54 Å². The number of amides is 2. The fourth-order valence-electron chi connectivity index (χ4n) is 2.69. The van der Waals surface area contributed by atoms with Gasteiger partial charge in [-0.3, -0.25) is 0 Å². The first kappa shape index (κ1) is 18.2. The predicted molar refractivity (Wildman–Crippen MR) is 110 cm³/mol. The van der Waals surface area contributed by atoms with Gasteiger partial charge in [-0.1, -0.05) is 36.4 Å². The molecule has 0 spiro atoms. The average molecular weight is 385 g/mol. The van der Waals surface area contributed by atoms with Crippen molar-refractivity contribution in [3.8, 4) is 17.3 Å². The molecule has 0 aliphatic carbocycles. The summed E-state index contributed by atoms with van der Waals surface area (Å²) in [6.07, 6.45) is 5.21. The van der Waals surface area contributed by atoms with Crippen LogP contribution in [0.1, 0.15) is 5.56 Å². The van der Waals surface area contributed by atoms with Crippen LogP contribution >= 0.6 is 0 Å². The van der Waals surface area contributed by atoms with E-state index in [2.05, 4.69) is 20.7 Å². The Bertz CT molecular complexity index is 1080. The number of nitrogens with zero attached hydrogens (tertiary/aromatic N) is 3. The van der Waals surface area contributed by atoms with E-state index in [1.54, 1.807) is 29.2 Å². The van der Waals surface area contributed by atoms with Crippen molar-refractivity contribution in [1.82, 2.24) is 20.1 Å². The minimum Gasteiger partial charge on any atom is -0.437 e. The number of aromatic nitrogens is 3. The fraction of sp³-hybridized carbons (Fsp3) is 0.0455. The number of carbonyl (C=O) groups excluding carboxylic acids is 1. The number of carbonyl (C=O) groups is 1. The number of pyridine rings is 1. The number of para-hydroxylation sites is 2. The van der Waals surface area contributed by atoms with Gasteiger partial charge in [0.05, 0.1) is 11.9 Å². The van der Waals surface area contributed by atoms with Crippen LogP contribution in [-0.4, -0.2) is 20.8 Å². The van der Waals surface area contributed by atoms with E-state index in [-0.39, 0.29) is 6.03 Å². The molecule has 2 heterocycles. The molecular formula is C22H19N5O2. The maximum absolute atomic E-state index is 12.3. The summed E-state index contributed by atoms with van der Waals surface area (Å²) in [7, 11) is 0. The number of urea groups is 1. The Morgan fingerprint density at radius 1 is 0.966 bits per heavy atom. The van der Waals surface area contributed by atoms with Gasteiger partial charge >= 0.3 is 6.03 Å². The Hall–Kier alpha value is -4.13. The predicted octanol–water partition coefficient (Wildman–Crippen LogP) is 4.38. The van der Waals surface area contributed by atoms with E-state index in [4.69, 9.17) is 4.74 Å². The second-order valence-electron chi connectivity index (χ2n) is 6.21. The van der Waals surface area contributed by atoms with Crippen LogP contribution in [0.4, 0.5) is 10.5 Å². The summed E-state index contributed by atoms with van der Waals surface area (Å²) in [5.74, 6) is 0.966. The molecule has 7 nitrogen and oxygen atoms in total. The maximum atomic E-state index is 12.3. The van der Waals surface area contributed by atoms with E-state index in [1.165, 1.54) is 0 Å². The molecule has 2 aromatic heterocycles. The number of hydrogen-bond donors (Lipinski definition) is 2. The van der Waals surface area contributed by atoms with Crippen LogP contribution < -0.4 is 15.4 Å². The summed E-state index contributed by atoms with van der Waals surface area (Å²) in [6.45, 7) is 0.341. The summed E-state index contributed by atoms with van der Waals surface area (Å²) < 4.78 is 7.52. The lowest BCUT2D eigenvalue weighted by Crippen LogP contribution is -2.28. The lowest BCUT2D eigenvalue weighted by molar-refractivity contribution is 0.251. The maximum Gasteiger partial charge on any atom is 0.319 e. The highest BCUT2D eigenvalue weighted by molar-refractivity contribution is 5.90. The SMILES string of the molecule is O=C(NCc1cnn(-c2ccccc2)c1)Nc1cccnc1Oc1ccccc1. The summed E-state index contributed by atoms with van der Waals surface area (Å²) >= 11 is 0. The third-order valence-electron chi connectivity index (χ3n) is 4.09. The lowest BCUT2D eigenvalue weighted by Gasteiger charge is -2.11. The number of anilines is 1. The highest BCUT2D eigenvalue weighted by Crippen LogP contribution is 2.26. The molecule has 0 unspecified atom stereocenters. The molecule has 0 fully saturated rings. The lowest BCUT2D eigenvalue weighted by atomic mass is 10.3. The van der Waals surface area contributed by atoms with Crippen LogP contribution in [0.25, 0.3) is 5.69 Å². The van der Waals surface area contributed by atoms with Gasteiger partial charge in [0.25, 0.3) is 0 Å². The van der Waals surface area contributed by atoms with Crippen molar-refractivity contribution in [3.05, 3.63) is 97.0 Å². The largest absolute Gasteiger partial charge is 0.437 e. The Morgan fingerprint density at radius 3 is 2.52 bits per heavy atom. The van der Waals surface area contributed by atoms with Gasteiger partial charge in [0.1, 0.15) is 11.4 Å². The van der Waals surface area contributed by atoms with Crippen LogP contribution in [0.3, 0.4) is 0 Å². The van der Waals surface area contributed by atoms with Gasteiger partial charge < -0.3 is 15.4 Å². The molecule has 4 aromatic rings. The number of nitrogens with one attached hydrogen (secondary N) is 2. The first-order valence-corrected chi connectivity index (χ1v) is 9.10. The first-order chi connectivity index (χ1) is 14.3. The second-order valence-corrected chi connectivity index (χ2v) is 6.21. The molecule has 0 atom stereocenters. The normalized spacial score (nSPS) is 10.3.